The predicted molar refractivity (Wildman–Crippen MR) is 269 cm³/mol. The fourth-order valence-electron chi connectivity index (χ4n) is 9.82. The van der Waals surface area contributed by atoms with Crippen molar-refractivity contribution in [3.63, 3.8) is 0 Å². The standard InChI is InChI=1S/C55H66ClN5O7/c1-54(2)41-23-12-14-25-43(41)59(5)47(54)27-20-28-48-55(3,4)42-24-13-15-26-44(42)61(48)34-19-16-29-49(64)57-31-30-39-22-11-8-6-7-10-21-38(58-67-37-50(65)60-32-17-9-18-33-60)35-40-51(53(66)68-39)45(62)36-46(63)52(40)56/h8,10-15,20-21,23-28,35-36,39H,6-7,9,16-19,22,29-34,37H2,1-5H3,(H3-,57,58,62,63,64,66)/p+1. The van der Waals surface area contributed by atoms with Crippen LogP contribution in [-0.4, -0.2) is 89.1 Å². The van der Waals surface area contributed by atoms with Crippen LogP contribution < -0.4 is 15.7 Å². The van der Waals surface area contributed by atoms with E-state index in [4.69, 9.17) is 21.2 Å². The highest BCUT2D eigenvalue weighted by Gasteiger charge is 2.43. The zero-order chi connectivity index (χ0) is 48.4. The molecule has 0 aliphatic carbocycles. The van der Waals surface area contributed by atoms with Crippen molar-refractivity contribution < 1.29 is 38.7 Å². The molecule has 3 aromatic rings. The number of phenolic OH excluding ortho intramolecular Hbond substituents is 2. The van der Waals surface area contributed by atoms with Crippen LogP contribution in [0.25, 0.3) is 6.08 Å². The first-order valence-electron chi connectivity index (χ1n) is 24.1. The Hall–Kier alpha value is -6.11. The second kappa shape index (κ2) is 22.3. The maximum Gasteiger partial charge on any atom is 0.342 e. The summed E-state index contributed by atoms with van der Waals surface area (Å²) in [6.07, 6.45) is 22.0. The minimum absolute atomic E-state index is 0.0123. The van der Waals surface area contributed by atoms with E-state index in [-0.39, 0.29) is 51.9 Å². The number of amides is 2. The molecule has 0 radical (unpaired) electrons. The summed E-state index contributed by atoms with van der Waals surface area (Å²) in [5.74, 6) is -2.03. The summed E-state index contributed by atoms with van der Waals surface area (Å²) in [4.78, 5) is 49.6. The average Bonchev–Trinajstić information content (AvgIpc) is 3.65. The maximum atomic E-state index is 13.9. The lowest BCUT2D eigenvalue weighted by Gasteiger charge is -2.27. The average molecular weight is 946 g/mol. The van der Waals surface area contributed by atoms with Crippen molar-refractivity contribution in [2.75, 3.05) is 44.7 Å². The zero-order valence-electron chi connectivity index (χ0n) is 40.2. The molecule has 4 aliphatic heterocycles. The normalized spacial score (nSPS) is 20.4. The number of hydrogen-bond acceptors (Lipinski definition) is 9. The molecular formula is C55H67ClN5O7+. The molecule has 0 aromatic heterocycles. The molecule has 1 saturated heterocycles. The summed E-state index contributed by atoms with van der Waals surface area (Å²) in [6.45, 7) is 11.3. The largest absolute Gasteiger partial charge is 0.507 e. The van der Waals surface area contributed by atoms with Gasteiger partial charge in [0.1, 0.15) is 30.2 Å². The molecule has 1 atom stereocenters. The molecule has 12 nitrogen and oxygen atoms in total. The first kappa shape index (κ1) is 49.8. The summed E-state index contributed by atoms with van der Waals surface area (Å²) in [5, 5.41) is 24.4. The number of cyclic esters (lactones) is 1. The smallest absolute Gasteiger partial charge is 0.342 e. The van der Waals surface area contributed by atoms with Crippen molar-refractivity contribution in [3.8, 4) is 11.5 Å². The van der Waals surface area contributed by atoms with Gasteiger partial charge in [-0.25, -0.2) is 4.79 Å². The SMILES string of the molecule is C[N+]1=C(C=CC=C2N(CCCCC(=O)NCCC3CC=CCCC=C/C(NOCC(=O)N4CCCCC4)=C/c4c(Cl)c(O)cc(O)c4C(=O)O3)c3ccccc3C2(C)C)C(C)(C)c2ccccc21. The monoisotopic (exact) mass is 944 g/mol. The molecule has 68 heavy (non-hydrogen) atoms. The third-order valence-corrected chi connectivity index (χ3v) is 14.0. The topological polar surface area (TPSA) is 144 Å². The van der Waals surface area contributed by atoms with Gasteiger partial charge in [0.2, 0.25) is 11.6 Å². The molecule has 0 saturated carbocycles. The first-order valence-corrected chi connectivity index (χ1v) is 24.4. The molecule has 0 bridgehead atoms. The van der Waals surface area contributed by atoms with E-state index >= 15 is 0 Å². The number of likely N-dealkylation sites (tertiary alicyclic amines) is 1. The van der Waals surface area contributed by atoms with Crippen LogP contribution in [0.3, 0.4) is 0 Å². The van der Waals surface area contributed by atoms with Gasteiger partial charge in [0.25, 0.3) is 5.91 Å². The number of carbonyl (C=O) groups is 3. The highest BCUT2D eigenvalue weighted by atomic mass is 35.5. The number of piperidine rings is 1. The van der Waals surface area contributed by atoms with E-state index in [0.29, 0.717) is 57.3 Å². The van der Waals surface area contributed by atoms with Gasteiger partial charge in [-0.15, -0.1) is 0 Å². The number of allylic oxidation sites excluding steroid dienone is 7. The van der Waals surface area contributed by atoms with E-state index in [1.165, 1.54) is 40.0 Å². The Morgan fingerprint density at radius 2 is 1.68 bits per heavy atom. The number of anilines is 1. The van der Waals surface area contributed by atoms with Crippen molar-refractivity contribution in [2.45, 2.75) is 109 Å². The molecule has 13 heteroatoms. The van der Waals surface area contributed by atoms with Crippen LogP contribution in [0.15, 0.2) is 109 Å². The lowest BCUT2D eigenvalue weighted by atomic mass is 9.81. The van der Waals surface area contributed by atoms with Crippen molar-refractivity contribution >= 4 is 52.5 Å². The van der Waals surface area contributed by atoms with Crippen LogP contribution >= 0.6 is 11.6 Å². The highest BCUT2D eigenvalue weighted by Crippen LogP contribution is 2.48. The Kier molecular flexibility index (Phi) is 16.4. The molecule has 4 heterocycles. The molecular weight excluding hydrogens is 878 g/mol. The van der Waals surface area contributed by atoms with Gasteiger partial charge in [-0.2, -0.15) is 4.58 Å². The summed E-state index contributed by atoms with van der Waals surface area (Å²) in [6, 6.07) is 18.2. The second-order valence-electron chi connectivity index (χ2n) is 19.1. The van der Waals surface area contributed by atoms with Crippen molar-refractivity contribution in [2.24, 2.45) is 0 Å². The van der Waals surface area contributed by atoms with Gasteiger partial charge < -0.3 is 30.1 Å². The molecule has 2 amide bonds. The van der Waals surface area contributed by atoms with Crippen LogP contribution in [0.1, 0.15) is 119 Å². The van der Waals surface area contributed by atoms with Gasteiger partial charge in [0.05, 0.1) is 16.1 Å². The number of aromatic hydroxyl groups is 2. The van der Waals surface area contributed by atoms with Crippen LogP contribution in [-0.2, 0) is 30.0 Å². The summed E-state index contributed by atoms with van der Waals surface area (Å²) in [5.41, 5.74) is 10.0. The van der Waals surface area contributed by atoms with Gasteiger partial charge in [-0.3, -0.25) is 19.9 Å². The maximum absolute atomic E-state index is 13.9. The number of hydroxylamine groups is 1. The molecule has 3 aromatic carbocycles. The van der Waals surface area contributed by atoms with E-state index in [2.05, 4.69) is 122 Å². The Morgan fingerprint density at radius 1 is 0.941 bits per heavy atom. The van der Waals surface area contributed by atoms with E-state index in [1.54, 1.807) is 11.0 Å². The number of rotatable bonds is 14. The van der Waals surface area contributed by atoms with E-state index in [0.717, 1.165) is 38.3 Å². The van der Waals surface area contributed by atoms with Gasteiger partial charge in [0, 0.05) is 91.6 Å². The van der Waals surface area contributed by atoms with E-state index < -0.39 is 23.6 Å². The minimum atomic E-state index is -0.850. The number of fused-ring (bicyclic) bond motifs is 3. The molecule has 7 rings (SSSR count). The Balaban J connectivity index is 0.957. The number of nitrogens with one attached hydrogen (secondary N) is 2. The number of ether oxygens (including phenoxy) is 1. The summed E-state index contributed by atoms with van der Waals surface area (Å²) < 4.78 is 8.27. The number of carbonyl (C=O) groups excluding carboxylic acids is 3. The number of phenols is 2. The Labute approximate surface area is 406 Å². The van der Waals surface area contributed by atoms with Crippen LogP contribution in [0.5, 0.6) is 11.5 Å². The van der Waals surface area contributed by atoms with Gasteiger partial charge in [-0.05, 0) is 88.7 Å². The molecule has 1 fully saturated rings. The molecule has 1 unspecified atom stereocenters. The number of nitrogens with zero attached hydrogens (tertiary/aromatic N) is 3. The minimum Gasteiger partial charge on any atom is -0.507 e. The molecule has 4 N–H and O–H groups in total. The van der Waals surface area contributed by atoms with Gasteiger partial charge >= 0.3 is 5.97 Å². The van der Waals surface area contributed by atoms with Crippen molar-refractivity contribution in [1.82, 2.24) is 15.7 Å². The molecule has 360 valence electrons. The number of esters is 1. The van der Waals surface area contributed by atoms with Crippen molar-refractivity contribution in [1.29, 1.82) is 0 Å². The third-order valence-electron chi connectivity index (χ3n) is 13.6. The fraction of sp³-hybridized carbons (Fsp3) is 0.418. The van der Waals surface area contributed by atoms with E-state index in [1.807, 2.05) is 18.2 Å². The van der Waals surface area contributed by atoms with Crippen LogP contribution in [0.2, 0.25) is 5.02 Å². The van der Waals surface area contributed by atoms with Crippen molar-refractivity contribution in [3.05, 3.63) is 136 Å². The Morgan fingerprint density at radius 3 is 2.46 bits per heavy atom. The van der Waals surface area contributed by atoms with Crippen LogP contribution in [0, 0.1) is 0 Å². The lowest BCUT2D eigenvalue weighted by Crippen LogP contribution is -2.39. The molecule has 0 spiro atoms. The number of unbranched alkanes of at least 4 members (excludes halogenated alkanes) is 1. The number of benzene rings is 3. The molecule has 4 aliphatic rings. The lowest BCUT2D eigenvalue weighted by molar-refractivity contribution is -0.401. The number of halogens is 1. The van der Waals surface area contributed by atoms with Gasteiger partial charge in [-0.1, -0.05) is 86.2 Å². The number of para-hydroxylation sites is 2. The fourth-order valence-corrected chi connectivity index (χ4v) is 10.0. The zero-order valence-corrected chi connectivity index (χ0v) is 40.9. The quantitative estimate of drug-likeness (QED) is 0.0408. The number of hydrogen-bond donors (Lipinski definition) is 4. The third kappa shape index (κ3) is 11.4. The highest BCUT2D eigenvalue weighted by molar-refractivity contribution is 6.34. The summed E-state index contributed by atoms with van der Waals surface area (Å²) in [7, 11) is 2.13. The first-order chi connectivity index (χ1) is 32.7. The van der Waals surface area contributed by atoms with Gasteiger partial charge in [0.15, 0.2) is 12.3 Å². The van der Waals surface area contributed by atoms with Crippen LogP contribution in [0.4, 0.5) is 11.4 Å². The predicted octanol–water partition coefficient (Wildman–Crippen LogP) is 10.1. The van der Waals surface area contributed by atoms with E-state index in [9.17, 15) is 24.6 Å². The second-order valence-corrected chi connectivity index (χ2v) is 19.4. The summed E-state index contributed by atoms with van der Waals surface area (Å²) >= 11 is 6.57. The Bertz CT molecular complexity index is 2550.